The summed E-state index contributed by atoms with van der Waals surface area (Å²) in [5, 5.41) is 0. The molecular formula is C19H23O4P. The van der Waals surface area contributed by atoms with Crippen LogP contribution in [0.15, 0.2) is 60.7 Å². The van der Waals surface area contributed by atoms with Gasteiger partial charge in [0.1, 0.15) is 0 Å². The van der Waals surface area contributed by atoms with Crippen LogP contribution in [0.25, 0.3) is 0 Å². The normalized spacial score (nSPS) is 14.6. The topological polar surface area (TPSA) is 63.6 Å². The minimum atomic E-state index is -3.64. The molecule has 0 saturated heterocycles. The zero-order valence-corrected chi connectivity index (χ0v) is 14.7. The number of hydrogen-bond acceptors (Lipinski definition) is 3. The van der Waals surface area contributed by atoms with Crippen molar-refractivity contribution in [2.75, 3.05) is 6.16 Å². The van der Waals surface area contributed by atoms with E-state index in [1.807, 2.05) is 36.4 Å². The van der Waals surface area contributed by atoms with E-state index in [9.17, 15) is 14.3 Å². The fourth-order valence-corrected chi connectivity index (χ4v) is 4.45. The molecule has 0 aromatic heterocycles. The average molecular weight is 346 g/mol. The summed E-state index contributed by atoms with van der Waals surface area (Å²) in [6.45, 7) is 1.26. The highest BCUT2D eigenvalue weighted by molar-refractivity contribution is 7.58. The molecule has 2 aromatic carbocycles. The van der Waals surface area contributed by atoms with Gasteiger partial charge in [0.05, 0.1) is 0 Å². The largest absolute Gasteiger partial charge is 0.447 e. The molecule has 0 saturated carbocycles. The molecule has 0 amide bonds. The molecule has 1 N–H and O–H groups in total. The van der Waals surface area contributed by atoms with Crippen LogP contribution >= 0.6 is 7.37 Å². The number of ether oxygens (including phenoxy) is 1. The lowest BCUT2D eigenvalue weighted by Crippen LogP contribution is -2.11. The lowest BCUT2D eigenvalue weighted by atomic mass is 10.1. The molecule has 2 aromatic rings. The quantitative estimate of drug-likeness (QED) is 0.433. The molecule has 4 nitrogen and oxygen atoms in total. The van der Waals surface area contributed by atoms with Crippen molar-refractivity contribution in [2.24, 2.45) is 0 Å². The Kier molecular flexibility index (Phi) is 6.77. The van der Waals surface area contributed by atoms with Crippen molar-refractivity contribution < 1.29 is 19.0 Å². The maximum Gasteiger partial charge on any atom is 0.303 e. The van der Waals surface area contributed by atoms with Crippen LogP contribution in [-0.2, 0) is 20.5 Å². The first kappa shape index (κ1) is 18.4. The number of hydrogen-bond donors (Lipinski definition) is 1. The Morgan fingerprint density at radius 3 is 2.21 bits per heavy atom. The first-order chi connectivity index (χ1) is 11.5. The van der Waals surface area contributed by atoms with Crippen LogP contribution < -0.4 is 0 Å². The molecule has 0 spiro atoms. The molecule has 24 heavy (non-hydrogen) atoms. The van der Waals surface area contributed by atoms with Gasteiger partial charge in [-0.15, -0.1) is 0 Å². The van der Waals surface area contributed by atoms with Gasteiger partial charge in [0, 0.05) is 18.6 Å². The summed E-state index contributed by atoms with van der Waals surface area (Å²) in [4.78, 5) is 21.8. The van der Waals surface area contributed by atoms with Gasteiger partial charge in [0.15, 0.2) is 0 Å². The van der Waals surface area contributed by atoms with E-state index in [4.69, 9.17) is 4.74 Å². The molecule has 0 bridgehead atoms. The summed E-state index contributed by atoms with van der Waals surface area (Å²) in [5.41, 5.74) is 1.77. The van der Waals surface area contributed by atoms with Gasteiger partial charge in [-0.2, -0.15) is 0 Å². The molecule has 2 atom stereocenters. The van der Waals surface area contributed by atoms with E-state index in [2.05, 4.69) is 0 Å². The zero-order chi connectivity index (χ0) is 17.4. The Morgan fingerprint density at radius 2 is 1.62 bits per heavy atom. The first-order valence-electron chi connectivity index (χ1n) is 8.06. The lowest BCUT2D eigenvalue weighted by Gasteiger charge is -2.23. The van der Waals surface area contributed by atoms with Gasteiger partial charge >= 0.3 is 5.97 Å². The van der Waals surface area contributed by atoms with Gasteiger partial charge in [-0.25, -0.2) is 0 Å². The number of esters is 1. The monoisotopic (exact) mass is 346 g/mol. The summed E-state index contributed by atoms with van der Waals surface area (Å²) in [6.07, 6.45) is 2.42. The van der Waals surface area contributed by atoms with Crippen LogP contribution in [0.1, 0.15) is 36.7 Å². The summed E-state index contributed by atoms with van der Waals surface area (Å²) < 4.78 is 17.9. The highest BCUT2D eigenvalue weighted by atomic mass is 31.2. The van der Waals surface area contributed by atoms with Crippen LogP contribution in [0.2, 0.25) is 0 Å². The van der Waals surface area contributed by atoms with Gasteiger partial charge in [-0.3, -0.25) is 9.36 Å². The second-order valence-corrected chi connectivity index (χ2v) is 8.22. The van der Waals surface area contributed by atoms with Crippen LogP contribution in [0.3, 0.4) is 0 Å². The molecule has 5 heteroatoms. The Morgan fingerprint density at radius 1 is 1.04 bits per heavy atom. The lowest BCUT2D eigenvalue weighted by molar-refractivity contribution is -0.143. The Balaban J connectivity index is 1.97. The van der Waals surface area contributed by atoms with Crippen molar-refractivity contribution in [1.29, 1.82) is 0 Å². The van der Waals surface area contributed by atoms with Crippen LogP contribution in [0.4, 0.5) is 0 Å². The Bertz CT molecular complexity index is 685. The van der Waals surface area contributed by atoms with E-state index in [0.29, 0.717) is 12.0 Å². The van der Waals surface area contributed by atoms with Gasteiger partial charge in [-0.05, 0) is 24.8 Å². The third-order valence-corrected chi connectivity index (χ3v) is 5.86. The SMILES string of the molecule is CC(=O)O[C@@H](c1ccccc1)P(=O)(O)CCCCc1ccccc1. The molecule has 0 aliphatic heterocycles. The highest BCUT2D eigenvalue weighted by Gasteiger charge is 2.34. The number of rotatable bonds is 8. The van der Waals surface area contributed by atoms with Crippen molar-refractivity contribution in [3.8, 4) is 0 Å². The fraction of sp³-hybridized carbons (Fsp3) is 0.316. The molecular weight excluding hydrogens is 323 g/mol. The minimum Gasteiger partial charge on any atom is -0.447 e. The van der Waals surface area contributed by atoms with Crippen LogP contribution in [0.5, 0.6) is 0 Å². The summed E-state index contributed by atoms with van der Waals surface area (Å²) in [7, 11) is -3.64. The molecule has 0 aliphatic rings. The molecule has 1 unspecified atom stereocenters. The van der Waals surface area contributed by atoms with E-state index >= 15 is 0 Å². The molecule has 0 fully saturated rings. The predicted molar refractivity (Wildman–Crippen MR) is 95.0 cm³/mol. The Hall–Kier alpha value is -1.90. The fourth-order valence-electron chi connectivity index (χ4n) is 2.59. The van der Waals surface area contributed by atoms with E-state index in [-0.39, 0.29) is 6.16 Å². The molecule has 0 heterocycles. The van der Waals surface area contributed by atoms with E-state index in [0.717, 1.165) is 12.8 Å². The number of aryl methyl sites for hydroxylation is 1. The standard InChI is InChI=1S/C19H23O4P/c1-16(20)23-19(18-13-6-3-7-14-18)24(21,22)15-9-8-12-17-10-4-2-5-11-17/h2-7,10-11,13-14,19H,8-9,12,15H2,1H3,(H,21,22)/t19-/m1/s1. The average Bonchev–Trinajstić information content (AvgIpc) is 2.58. The maximum absolute atomic E-state index is 12.7. The van der Waals surface area contributed by atoms with Gasteiger partial charge in [0.2, 0.25) is 13.2 Å². The number of carbonyl (C=O) groups excluding carboxylic acids is 1. The summed E-state index contributed by atoms with van der Waals surface area (Å²) in [6, 6.07) is 18.8. The second kappa shape index (κ2) is 8.81. The maximum atomic E-state index is 12.7. The highest BCUT2D eigenvalue weighted by Crippen LogP contribution is 2.56. The summed E-state index contributed by atoms with van der Waals surface area (Å²) >= 11 is 0. The number of benzene rings is 2. The second-order valence-electron chi connectivity index (χ2n) is 5.79. The van der Waals surface area contributed by atoms with Gasteiger partial charge in [-0.1, -0.05) is 60.7 Å². The zero-order valence-electron chi connectivity index (χ0n) is 13.8. The van der Waals surface area contributed by atoms with Crippen LogP contribution in [0, 0.1) is 0 Å². The summed E-state index contributed by atoms with van der Waals surface area (Å²) in [5.74, 6) is -1.64. The van der Waals surface area contributed by atoms with E-state index in [1.165, 1.54) is 12.5 Å². The van der Waals surface area contributed by atoms with E-state index < -0.39 is 19.2 Å². The van der Waals surface area contributed by atoms with Gasteiger partial charge < -0.3 is 9.63 Å². The minimum absolute atomic E-state index is 0.132. The third-order valence-electron chi connectivity index (χ3n) is 3.77. The van der Waals surface area contributed by atoms with Crippen molar-refractivity contribution in [2.45, 2.75) is 32.0 Å². The predicted octanol–water partition coefficient (Wildman–Crippen LogP) is 4.54. The molecule has 0 radical (unpaired) electrons. The molecule has 0 aliphatic carbocycles. The van der Waals surface area contributed by atoms with Crippen molar-refractivity contribution in [3.05, 3.63) is 71.8 Å². The number of unbranched alkanes of at least 4 members (excludes halogenated alkanes) is 1. The first-order valence-corrected chi connectivity index (χ1v) is 9.98. The third kappa shape index (κ3) is 5.63. The Labute approximate surface area is 142 Å². The van der Waals surface area contributed by atoms with E-state index in [1.54, 1.807) is 24.3 Å². The van der Waals surface area contributed by atoms with Gasteiger partial charge in [0.25, 0.3) is 0 Å². The number of carbonyl (C=O) groups is 1. The molecule has 128 valence electrons. The van der Waals surface area contributed by atoms with Crippen LogP contribution in [-0.4, -0.2) is 17.0 Å². The molecule has 2 rings (SSSR count). The smallest absolute Gasteiger partial charge is 0.303 e. The van der Waals surface area contributed by atoms with Crippen molar-refractivity contribution in [3.63, 3.8) is 0 Å². The van der Waals surface area contributed by atoms with Crippen molar-refractivity contribution in [1.82, 2.24) is 0 Å². The van der Waals surface area contributed by atoms with Crippen molar-refractivity contribution >= 4 is 13.3 Å².